The van der Waals surface area contributed by atoms with Crippen LogP contribution in [0.5, 0.6) is 0 Å². The van der Waals surface area contributed by atoms with E-state index < -0.39 is 5.97 Å². The lowest BCUT2D eigenvalue weighted by Gasteiger charge is -2.26. The molecule has 0 saturated heterocycles. The second kappa shape index (κ2) is 9.01. The molecule has 6 nitrogen and oxygen atoms in total. The second-order valence-corrected chi connectivity index (χ2v) is 6.01. The van der Waals surface area contributed by atoms with Gasteiger partial charge >= 0.3 is 5.97 Å². The van der Waals surface area contributed by atoms with Crippen molar-refractivity contribution in [3.05, 3.63) is 42.4 Å². The Labute approximate surface area is 147 Å². The number of benzene rings is 1. The zero-order valence-electron chi connectivity index (χ0n) is 14.6. The zero-order chi connectivity index (χ0) is 18.2. The fraction of sp³-hybridized carbons (Fsp3) is 0.421. The molecule has 1 aromatic carbocycles. The second-order valence-electron chi connectivity index (χ2n) is 6.01. The Hall–Kier alpha value is -2.63. The van der Waals surface area contributed by atoms with Crippen LogP contribution in [0.4, 0.5) is 0 Å². The molecule has 1 aromatic heterocycles. The standard InChI is InChI=1S/C19H24N2O4/c1-3-14(2)21(13-19(23)24)18(22)11-7-10-17-20-12-16(25-17)15-8-5-4-6-9-15/h4-6,8-9,12,14H,3,7,10-11,13H2,1-2H3,(H,23,24). The van der Waals surface area contributed by atoms with Crippen molar-refractivity contribution in [2.24, 2.45) is 0 Å². The molecule has 2 aromatic rings. The number of carbonyl (C=O) groups excluding carboxylic acids is 1. The molecule has 1 atom stereocenters. The molecule has 25 heavy (non-hydrogen) atoms. The lowest BCUT2D eigenvalue weighted by Crippen LogP contribution is -2.41. The van der Waals surface area contributed by atoms with E-state index in [0.29, 0.717) is 24.5 Å². The van der Waals surface area contributed by atoms with Crippen molar-refractivity contribution in [3.8, 4) is 11.3 Å². The fourth-order valence-corrected chi connectivity index (χ4v) is 2.55. The smallest absolute Gasteiger partial charge is 0.323 e. The predicted octanol–water partition coefficient (Wildman–Crippen LogP) is 3.38. The van der Waals surface area contributed by atoms with Gasteiger partial charge in [0.2, 0.25) is 5.91 Å². The molecule has 1 N–H and O–H groups in total. The number of aryl methyl sites for hydroxylation is 1. The molecule has 0 spiro atoms. The van der Waals surface area contributed by atoms with Gasteiger partial charge in [-0.25, -0.2) is 4.98 Å². The number of aromatic nitrogens is 1. The third kappa shape index (κ3) is 5.45. The summed E-state index contributed by atoms with van der Waals surface area (Å²) >= 11 is 0. The number of oxazole rings is 1. The van der Waals surface area contributed by atoms with Crippen molar-refractivity contribution < 1.29 is 19.1 Å². The maximum Gasteiger partial charge on any atom is 0.323 e. The number of carboxylic acids is 1. The molecule has 0 radical (unpaired) electrons. The number of carbonyl (C=O) groups is 2. The van der Waals surface area contributed by atoms with E-state index in [9.17, 15) is 9.59 Å². The molecule has 0 aliphatic rings. The first-order chi connectivity index (χ1) is 12.0. The van der Waals surface area contributed by atoms with Gasteiger partial charge in [-0.1, -0.05) is 37.3 Å². The highest BCUT2D eigenvalue weighted by molar-refractivity contribution is 5.81. The summed E-state index contributed by atoms with van der Waals surface area (Å²) < 4.78 is 5.72. The number of carboxylic acid groups (broad SMARTS) is 1. The van der Waals surface area contributed by atoms with Crippen molar-refractivity contribution in [1.29, 1.82) is 0 Å². The van der Waals surface area contributed by atoms with E-state index in [1.807, 2.05) is 44.2 Å². The highest BCUT2D eigenvalue weighted by Gasteiger charge is 2.21. The van der Waals surface area contributed by atoms with Gasteiger partial charge in [-0.15, -0.1) is 0 Å². The van der Waals surface area contributed by atoms with Crippen LogP contribution in [0.2, 0.25) is 0 Å². The normalized spacial score (nSPS) is 11.9. The Morgan fingerprint density at radius 1 is 1.28 bits per heavy atom. The van der Waals surface area contributed by atoms with Crippen LogP contribution in [0.25, 0.3) is 11.3 Å². The van der Waals surface area contributed by atoms with Gasteiger partial charge in [-0.05, 0) is 19.8 Å². The minimum absolute atomic E-state index is 0.0879. The molecule has 0 fully saturated rings. The van der Waals surface area contributed by atoms with Crippen LogP contribution >= 0.6 is 0 Å². The Balaban J connectivity index is 1.88. The highest BCUT2D eigenvalue weighted by atomic mass is 16.4. The molecule has 0 aliphatic heterocycles. The van der Waals surface area contributed by atoms with Crippen molar-refractivity contribution in [2.75, 3.05) is 6.54 Å². The third-order valence-corrected chi connectivity index (χ3v) is 4.14. The van der Waals surface area contributed by atoms with E-state index in [4.69, 9.17) is 9.52 Å². The van der Waals surface area contributed by atoms with Gasteiger partial charge in [-0.2, -0.15) is 0 Å². The first-order valence-electron chi connectivity index (χ1n) is 8.52. The molecule has 6 heteroatoms. The summed E-state index contributed by atoms with van der Waals surface area (Å²) in [6.07, 6.45) is 3.79. The number of rotatable bonds is 9. The molecule has 0 aliphatic carbocycles. The fourth-order valence-electron chi connectivity index (χ4n) is 2.55. The first kappa shape index (κ1) is 18.7. The molecule has 0 bridgehead atoms. The van der Waals surface area contributed by atoms with Crippen LogP contribution in [0, 0.1) is 0 Å². The summed E-state index contributed by atoms with van der Waals surface area (Å²) in [7, 11) is 0. The molecule has 1 heterocycles. The average Bonchev–Trinajstić information content (AvgIpc) is 3.08. The lowest BCUT2D eigenvalue weighted by atomic mass is 10.1. The number of amides is 1. The number of hydrogen-bond donors (Lipinski definition) is 1. The summed E-state index contributed by atoms with van der Waals surface area (Å²) in [6, 6.07) is 9.61. The lowest BCUT2D eigenvalue weighted by molar-refractivity contribution is -0.146. The Kier molecular flexibility index (Phi) is 6.74. The van der Waals surface area contributed by atoms with Gasteiger partial charge in [0.05, 0.1) is 6.20 Å². The monoisotopic (exact) mass is 344 g/mol. The third-order valence-electron chi connectivity index (χ3n) is 4.14. The summed E-state index contributed by atoms with van der Waals surface area (Å²) in [5, 5.41) is 8.97. The van der Waals surface area contributed by atoms with Crippen molar-refractivity contribution in [3.63, 3.8) is 0 Å². The van der Waals surface area contributed by atoms with E-state index in [0.717, 1.165) is 12.0 Å². The number of hydrogen-bond acceptors (Lipinski definition) is 4. The average molecular weight is 344 g/mol. The summed E-state index contributed by atoms with van der Waals surface area (Å²) in [4.78, 5) is 28.9. The van der Waals surface area contributed by atoms with Gasteiger partial charge in [0.15, 0.2) is 11.7 Å². The summed E-state index contributed by atoms with van der Waals surface area (Å²) in [6.45, 7) is 3.54. The zero-order valence-corrected chi connectivity index (χ0v) is 14.6. The molecule has 1 amide bonds. The molecule has 2 rings (SSSR count). The molecular formula is C19H24N2O4. The van der Waals surface area contributed by atoms with Gasteiger partial charge in [0, 0.05) is 24.4 Å². The van der Waals surface area contributed by atoms with Gasteiger partial charge in [0.25, 0.3) is 0 Å². The van der Waals surface area contributed by atoms with E-state index >= 15 is 0 Å². The molecule has 1 unspecified atom stereocenters. The summed E-state index contributed by atoms with van der Waals surface area (Å²) in [5.74, 6) is 0.148. The van der Waals surface area contributed by atoms with Crippen LogP contribution < -0.4 is 0 Å². The van der Waals surface area contributed by atoms with E-state index in [1.165, 1.54) is 4.90 Å². The van der Waals surface area contributed by atoms with Gasteiger partial charge < -0.3 is 14.4 Å². The van der Waals surface area contributed by atoms with Gasteiger partial charge in [0.1, 0.15) is 6.54 Å². The number of aliphatic carboxylic acids is 1. The summed E-state index contributed by atoms with van der Waals surface area (Å²) in [5.41, 5.74) is 0.960. The van der Waals surface area contributed by atoms with Crippen LogP contribution in [0.15, 0.2) is 40.9 Å². The highest BCUT2D eigenvalue weighted by Crippen LogP contribution is 2.20. The maximum atomic E-state index is 12.3. The van der Waals surface area contributed by atoms with Crippen LogP contribution in [0.3, 0.4) is 0 Å². The molecular weight excluding hydrogens is 320 g/mol. The maximum absolute atomic E-state index is 12.3. The Morgan fingerprint density at radius 3 is 2.64 bits per heavy atom. The predicted molar refractivity (Wildman–Crippen MR) is 94.0 cm³/mol. The van der Waals surface area contributed by atoms with Gasteiger partial charge in [-0.3, -0.25) is 9.59 Å². The quantitative estimate of drug-likeness (QED) is 0.754. The largest absolute Gasteiger partial charge is 0.480 e. The number of nitrogens with zero attached hydrogens (tertiary/aromatic N) is 2. The van der Waals surface area contributed by atoms with E-state index in [-0.39, 0.29) is 24.9 Å². The van der Waals surface area contributed by atoms with Crippen molar-refractivity contribution in [1.82, 2.24) is 9.88 Å². The topological polar surface area (TPSA) is 83.6 Å². The van der Waals surface area contributed by atoms with Crippen molar-refractivity contribution >= 4 is 11.9 Å². The molecule has 134 valence electrons. The van der Waals surface area contributed by atoms with Crippen LogP contribution in [0.1, 0.15) is 39.0 Å². The Bertz CT molecular complexity index is 696. The van der Waals surface area contributed by atoms with E-state index in [1.54, 1.807) is 6.20 Å². The minimum Gasteiger partial charge on any atom is -0.480 e. The van der Waals surface area contributed by atoms with E-state index in [2.05, 4.69) is 4.98 Å². The SMILES string of the molecule is CCC(C)N(CC(=O)O)C(=O)CCCc1ncc(-c2ccccc2)o1. The minimum atomic E-state index is -0.992. The van der Waals surface area contributed by atoms with Crippen LogP contribution in [-0.2, 0) is 16.0 Å². The first-order valence-corrected chi connectivity index (χ1v) is 8.52. The Morgan fingerprint density at radius 2 is 2.00 bits per heavy atom. The van der Waals surface area contributed by atoms with Crippen LogP contribution in [-0.4, -0.2) is 39.5 Å². The molecule has 0 saturated carbocycles. The van der Waals surface area contributed by atoms with Crippen molar-refractivity contribution in [2.45, 2.75) is 45.6 Å².